The van der Waals surface area contributed by atoms with Crippen LogP contribution in [0.25, 0.3) is 21.8 Å². The Bertz CT molecular complexity index is 938. The molecule has 22 heavy (non-hydrogen) atoms. The van der Waals surface area contributed by atoms with E-state index in [9.17, 15) is 14.4 Å². The third-order valence-corrected chi connectivity index (χ3v) is 3.50. The molecule has 6 nitrogen and oxygen atoms in total. The molecule has 2 N–H and O–H groups in total. The molecule has 0 aliphatic carbocycles. The second-order valence-corrected chi connectivity index (χ2v) is 4.71. The van der Waals surface area contributed by atoms with Crippen LogP contribution in [0.1, 0.15) is 20.7 Å². The van der Waals surface area contributed by atoms with Crippen LogP contribution >= 0.6 is 0 Å². The fourth-order valence-corrected chi connectivity index (χ4v) is 2.56. The van der Waals surface area contributed by atoms with Crippen LogP contribution in [-0.4, -0.2) is 34.9 Å². The third kappa shape index (κ3) is 1.93. The summed E-state index contributed by atoms with van der Waals surface area (Å²) in [4.78, 5) is 37.7. The van der Waals surface area contributed by atoms with E-state index in [2.05, 4.69) is 4.98 Å². The summed E-state index contributed by atoms with van der Waals surface area (Å²) in [5, 5.41) is 10.0. The number of carbonyl (C=O) groups is 3. The fourth-order valence-electron chi connectivity index (χ4n) is 2.56. The number of aromatic amines is 1. The first-order valence-corrected chi connectivity index (χ1v) is 6.44. The average molecular weight is 297 g/mol. The molecule has 0 aliphatic rings. The number of hydrogen-bond acceptors (Lipinski definition) is 4. The van der Waals surface area contributed by atoms with Crippen molar-refractivity contribution in [2.45, 2.75) is 0 Å². The molecule has 0 aliphatic heterocycles. The van der Waals surface area contributed by atoms with Gasteiger partial charge in [0.05, 0.1) is 18.2 Å². The summed E-state index contributed by atoms with van der Waals surface area (Å²) in [5.74, 6) is -3.02. The van der Waals surface area contributed by atoms with Crippen LogP contribution in [0, 0.1) is 0 Å². The molecule has 0 amide bonds. The SMILES string of the molecule is COC(=O)c1cccc2c1[nH]c1cccc(C(=O)C(=O)O)c12. The minimum absolute atomic E-state index is 0.0817. The van der Waals surface area contributed by atoms with Gasteiger partial charge in [-0.1, -0.05) is 18.2 Å². The van der Waals surface area contributed by atoms with Gasteiger partial charge in [0, 0.05) is 21.9 Å². The largest absolute Gasteiger partial charge is 0.475 e. The maximum atomic E-state index is 11.9. The minimum Gasteiger partial charge on any atom is -0.475 e. The predicted octanol–water partition coefficient (Wildman–Crippen LogP) is 2.38. The summed E-state index contributed by atoms with van der Waals surface area (Å²) in [7, 11) is 1.28. The third-order valence-electron chi connectivity index (χ3n) is 3.50. The number of aromatic nitrogens is 1. The van der Waals surface area contributed by atoms with E-state index in [4.69, 9.17) is 9.84 Å². The fraction of sp³-hybridized carbons (Fsp3) is 0.0625. The van der Waals surface area contributed by atoms with E-state index in [0.29, 0.717) is 27.4 Å². The summed E-state index contributed by atoms with van der Waals surface area (Å²) in [6, 6.07) is 9.74. The van der Waals surface area contributed by atoms with E-state index in [-0.39, 0.29) is 5.56 Å². The van der Waals surface area contributed by atoms with E-state index in [1.165, 1.54) is 13.2 Å². The van der Waals surface area contributed by atoms with Gasteiger partial charge >= 0.3 is 11.9 Å². The summed E-state index contributed by atoms with van der Waals surface area (Å²) >= 11 is 0. The molecule has 3 rings (SSSR count). The standard InChI is InChI=1S/C16H11NO5/c1-22-16(21)10-6-2-4-8-12-9(14(18)15(19)20)5-3-7-11(12)17-13(8)10/h2-7,17H,1H3,(H,19,20). The molecular weight excluding hydrogens is 286 g/mol. The van der Waals surface area contributed by atoms with Crippen molar-refractivity contribution in [2.75, 3.05) is 7.11 Å². The number of rotatable bonds is 3. The van der Waals surface area contributed by atoms with Gasteiger partial charge in [0.15, 0.2) is 0 Å². The number of nitrogens with one attached hydrogen (secondary N) is 1. The van der Waals surface area contributed by atoms with E-state index in [0.717, 1.165) is 0 Å². The Kier molecular flexibility index (Phi) is 3.14. The molecule has 0 saturated carbocycles. The Morgan fingerprint density at radius 2 is 1.73 bits per heavy atom. The zero-order chi connectivity index (χ0) is 15.9. The molecule has 0 spiro atoms. The Morgan fingerprint density at radius 1 is 1.05 bits per heavy atom. The predicted molar refractivity (Wildman–Crippen MR) is 79.1 cm³/mol. The molecule has 2 aromatic carbocycles. The lowest BCUT2D eigenvalue weighted by molar-refractivity contribution is -0.131. The lowest BCUT2D eigenvalue weighted by Crippen LogP contribution is -2.12. The van der Waals surface area contributed by atoms with Crippen molar-refractivity contribution in [3.8, 4) is 0 Å². The maximum Gasteiger partial charge on any atom is 0.377 e. The minimum atomic E-state index is -1.52. The van der Waals surface area contributed by atoms with Gasteiger partial charge in [0.25, 0.3) is 5.78 Å². The van der Waals surface area contributed by atoms with Crippen molar-refractivity contribution in [1.29, 1.82) is 0 Å². The Balaban J connectivity index is 2.42. The number of methoxy groups -OCH3 is 1. The number of esters is 1. The van der Waals surface area contributed by atoms with E-state index < -0.39 is 17.7 Å². The highest BCUT2D eigenvalue weighted by molar-refractivity contribution is 6.43. The molecule has 6 heteroatoms. The van der Waals surface area contributed by atoms with Gasteiger partial charge in [-0.15, -0.1) is 0 Å². The average Bonchev–Trinajstić information content (AvgIpc) is 2.91. The number of benzene rings is 2. The van der Waals surface area contributed by atoms with Gasteiger partial charge < -0.3 is 14.8 Å². The van der Waals surface area contributed by atoms with E-state index in [1.54, 1.807) is 30.3 Å². The molecule has 0 fully saturated rings. The van der Waals surface area contributed by atoms with Crippen molar-refractivity contribution >= 4 is 39.5 Å². The van der Waals surface area contributed by atoms with Crippen molar-refractivity contribution in [3.05, 3.63) is 47.5 Å². The quantitative estimate of drug-likeness (QED) is 0.439. The number of ketones is 1. The first-order chi connectivity index (χ1) is 10.5. The monoisotopic (exact) mass is 297 g/mol. The molecule has 0 atom stereocenters. The molecule has 0 unspecified atom stereocenters. The van der Waals surface area contributed by atoms with Crippen molar-refractivity contribution in [2.24, 2.45) is 0 Å². The number of carboxylic acid groups (broad SMARTS) is 1. The molecule has 0 bridgehead atoms. The summed E-state index contributed by atoms with van der Waals surface area (Å²) in [5.41, 5.74) is 1.50. The number of carbonyl (C=O) groups excluding carboxylic acids is 2. The number of hydrogen-bond donors (Lipinski definition) is 2. The first kappa shape index (κ1) is 13.8. The first-order valence-electron chi connectivity index (χ1n) is 6.44. The highest BCUT2D eigenvalue weighted by atomic mass is 16.5. The van der Waals surface area contributed by atoms with Crippen molar-refractivity contribution in [3.63, 3.8) is 0 Å². The Labute approximate surface area is 124 Å². The van der Waals surface area contributed by atoms with Gasteiger partial charge in [-0.3, -0.25) is 4.79 Å². The Hall–Kier alpha value is -3.15. The van der Waals surface area contributed by atoms with Crippen LogP contribution in [0.4, 0.5) is 0 Å². The molecular formula is C16H11NO5. The molecule has 1 heterocycles. The summed E-state index contributed by atoms with van der Waals surface area (Å²) in [6.07, 6.45) is 0. The van der Waals surface area contributed by atoms with Gasteiger partial charge in [0.1, 0.15) is 0 Å². The van der Waals surface area contributed by atoms with Crippen LogP contribution in [0.2, 0.25) is 0 Å². The van der Waals surface area contributed by atoms with Gasteiger partial charge in [-0.2, -0.15) is 0 Å². The van der Waals surface area contributed by atoms with Crippen LogP contribution < -0.4 is 0 Å². The molecule has 0 saturated heterocycles. The number of ether oxygens (including phenoxy) is 1. The second-order valence-electron chi connectivity index (χ2n) is 4.71. The van der Waals surface area contributed by atoms with Gasteiger partial charge in [0.2, 0.25) is 0 Å². The summed E-state index contributed by atoms with van der Waals surface area (Å²) in [6.45, 7) is 0. The number of aliphatic carboxylic acids is 1. The van der Waals surface area contributed by atoms with Crippen molar-refractivity contribution in [1.82, 2.24) is 4.98 Å². The van der Waals surface area contributed by atoms with Crippen LogP contribution in [0.3, 0.4) is 0 Å². The Morgan fingerprint density at radius 3 is 2.41 bits per heavy atom. The lowest BCUT2D eigenvalue weighted by Gasteiger charge is -2.01. The molecule has 110 valence electrons. The van der Waals surface area contributed by atoms with Gasteiger partial charge in [-0.25, -0.2) is 9.59 Å². The number of para-hydroxylation sites is 1. The highest BCUT2D eigenvalue weighted by Gasteiger charge is 2.21. The highest BCUT2D eigenvalue weighted by Crippen LogP contribution is 2.30. The number of Topliss-reactive ketones (excluding diaryl/α,β-unsaturated/α-hetero) is 1. The smallest absolute Gasteiger partial charge is 0.377 e. The van der Waals surface area contributed by atoms with E-state index in [1.807, 2.05) is 0 Å². The zero-order valence-corrected chi connectivity index (χ0v) is 11.5. The number of carboxylic acids is 1. The van der Waals surface area contributed by atoms with E-state index >= 15 is 0 Å². The lowest BCUT2D eigenvalue weighted by atomic mass is 10.0. The molecule has 0 radical (unpaired) electrons. The normalized spacial score (nSPS) is 10.8. The van der Waals surface area contributed by atoms with Crippen molar-refractivity contribution < 1.29 is 24.2 Å². The molecule has 3 aromatic rings. The zero-order valence-electron chi connectivity index (χ0n) is 11.5. The number of fused-ring (bicyclic) bond motifs is 3. The van der Waals surface area contributed by atoms with Crippen LogP contribution in [0.5, 0.6) is 0 Å². The summed E-state index contributed by atoms with van der Waals surface area (Å²) < 4.78 is 4.74. The topological polar surface area (TPSA) is 96.5 Å². The number of H-pyrrole nitrogens is 1. The van der Waals surface area contributed by atoms with Crippen LogP contribution in [-0.2, 0) is 9.53 Å². The maximum absolute atomic E-state index is 11.9. The molecule has 1 aromatic heterocycles. The van der Waals surface area contributed by atoms with Crippen LogP contribution in [0.15, 0.2) is 36.4 Å². The second kappa shape index (κ2) is 5.00. The van der Waals surface area contributed by atoms with Gasteiger partial charge in [-0.05, 0) is 18.2 Å².